The molecule has 0 bridgehead atoms. The third kappa shape index (κ3) is 2.42. The van der Waals surface area contributed by atoms with E-state index in [2.05, 4.69) is 24.5 Å². The van der Waals surface area contributed by atoms with E-state index >= 15 is 0 Å². The maximum absolute atomic E-state index is 3.21. The normalized spacial score (nSPS) is 24.3. The van der Waals surface area contributed by atoms with Crippen molar-refractivity contribution in [3.8, 4) is 0 Å². The van der Waals surface area contributed by atoms with Crippen LogP contribution in [0, 0.1) is 5.92 Å². The maximum atomic E-state index is 3.21. The molecule has 1 heteroatoms. The summed E-state index contributed by atoms with van der Waals surface area (Å²) in [6.07, 6.45) is 9.83. The van der Waals surface area contributed by atoms with Crippen molar-refractivity contribution >= 4 is 0 Å². The molecule has 0 radical (unpaired) electrons. The number of unbranched alkanes of at least 4 members (excludes halogenated alkanes) is 1. The van der Waals surface area contributed by atoms with Crippen molar-refractivity contribution < 1.29 is 0 Å². The number of rotatable bonds is 3. The molecule has 0 fully saturated rings. The van der Waals surface area contributed by atoms with Crippen LogP contribution in [0.25, 0.3) is 0 Å². The lowest BCUT2D eigenvalue weighted by molar-refractivity contribution is 0.491. The van der Waals surface area contributed by atoms with Crippen LogP contribution in [0.5, 0.6) is 0 Å². The van der Waals surface area contributed by atoms with E-state index in [0.717, 1.165) is 5.92 Å². The fourth-order valence-corrected chi connectivity index (χ4v) is 1.36. The third-order valence-corrected chi connectivity index (χ3v) is 2.07. The van der Waals surface area contributed by atoms with E-state index in [4.69, 9.17) is 0 Å². The number of allylic oxidation sites excluding steroid dienone is 1. The van der Waals surface area contributed by atoms with Crippen LogP contribution in [0.15, 0.2) is 12.3 Å². The van der Waals surface area contributed by atoms with Gasteiger partial charge in [0.25, 0.3) is 0 Å². The Kier molecular flexibility index (Phi) is 3.34. The molecule has 0 saturated carbocycles. The molecule has 0 aromatic rings. The van der Waals surface area contributed by atoms with Crippen LogP contribution < -0.4 is 5.32 Å². The van der Waals surface area contributed by atoms with Gasteiger partial charge >= 0.3 is 0 Å². The Bertz CT molecular complexity index is 107. The van der Waals surface area contributed by atoms with Crippen LogP contribution in [-0.4, -0.2) is 6.54 Å². The van der Waals surface area contributed by atoms with Gasteiger partial charge < -0.3 is 5.32 Å². The first kappa shape index (κ1) is 7.64. The van der Waals surface area contributed by atoms with Gasteiger partial charge in [0.2, 0.25) is 0 Å². The van der Waals surface area contributed by atoms with Crippen LogP contribution in [0.4, 0.5) is 0 Å². The summed E-state index contributed by atoms with van der Waals surface area (Å²) < 4.78 is 0. The molecule has 1 N–H and O–H groups in total. The monoisotopic (exact) mass is 139 g/mol. The van der Waals surface area contributed by atoms with Crippen LogP contribution in [0.1, 0.15) is 32.6 Å². The highest BCUT2D eigenvalue weighted by Crippen LogP contribution is 2.15. The van der Waals surface area contributed by atoms with Gasteiger partial charge in [-0.3, -0.25) is 0 Å². The molecule has 0 amide bonds. The summed E-state index contributed by atoms with van der Waals surface area (Å²) in [5.74, 6) is 0.862. The van der Waals surface area contributed by atoms with Gasteiger partial charge in [-0.1, -0.05) is 25.8 Å². The smallest absolute Gasteiger partial charge is 0.0146 e. The zero-order chi connectivity index (χ0) is 7.23. The molecule has 0 spiro atoms. The second-order valence-electron chi connectivity index (χ2n) is 3.00. The second kappa shape index (κ2) is 4.37. The first-order valence-electron chi connectivity index (χ1n) is 4.33. The molecule has 1 aliphatic rings. The third-order valence-electron chi connectivity index (χ3n) is 2.07. The molecule has 1 unspecified atom stereocenters. The van der Waals surface area contributed by atoms with Crippen molar-refractivity contribution in [3.05, 3.63) is 12.3 Å². The van der Waals surface area contributed by atoms with Crippen LogP contribution in [0.3, 0.4) is 0 Å². The summed E-state index contributed by atoms with van der Waals surface area (Å²) in [6, 6.07) is 0. The highest BCUT2D eigenvalue weighted by Gasteiger charge is 2.05. The number of hydrogen-bond acceptors (Lipinski definition) is 1. The lowest BCUT2D eigenvalue weighted by Crippen LogP contribution is -2.16. The minimum Gasteiger partial charge on any atom is -0.391 e. The zero-order valence-electron chi connectivity index (χ0n) is 6.77. The van der Waals surface area contributed by atoms with Gasteiger partial charge in [0, 0.05) is 6.54 Å². The maximum Gasteiger partial charge on any atom is 0.0146 e. The Morgan fingerprint density at radius 3 is 3.10 bits per heavy atom. The molecule has 0 aromatic heterocycles. The Balaban J connectivity index is 2.13. The zero-order valence-corrected chi connectivity index (χ0v) is 6.77. The SMILES string of the molecule is CCCCC1C=CNCC1. The Hall–Kier alpha value is -0.460. The van der Waals surface area contributed by atoms with Gasteiger partial charge in [-0.05, 0) is 25.0 Å². The molecule has 10 heavy (non-hydrogen) atoms. The minimum atomic E-state index is 0.862. The molecule has 1 aliphatic heterocycles. The average molecular weight is 139 g/mol. The van der Waals surface area contributed by atoms with E-state index in [0.29, 0.717) is 0 Å². The predicted molar refractivity (Wildman–Crippen MR) is 44.8 cm³/mol. The fourth-order valence-electron chi connectivity index (χ4n) is 1.36. The van der Waals surface area contributed by atoms with E-state index in [-0.39, 0.29) is 0 Å². The first-order valence-corrected chi connectivity index (χ1v) is 4.33. The Labute approximate surface area is 63.5 Å². The van der Waals surface area contributed by atoms with Gasteiger partial charge in [-0.25, -0.2) is 0 Å². The van der Waals surface area contributed by atoms with E-state index in [1.54, 1.807) is 0 Å². The average Bonchev–Trinajstić information content (AvgIpc) is 2.03. The summed E-state index contributed by atoms with van der Waals surface area (Å²) in [5.41, 5.74) is 0. The van der Waals surface area contributed by atoms with Gasteiger partial charge in [0.1, 0.15) is 0 Å². The van der Waals surface area contributed by atoms with Crippen molar-refractivity contribution in [3.63, 3.8) is 0 Å². The molecule has 0 aliphatic carbocycles. The highest BCUT2D eigenvalue weighted by atomic mass is 14.8. The molecule has 1 heterocycles. The molecule has 1 rings (SSSR count). The summed E-state index contributed by atoms with van der Waals surface area (Å²) in [5, 5.41) is 3.21. The lowest BCUT2D eigenvalue weighted by Gasteiger charge is -2.16. The molecule has 58 valence electrons. The van der Waals surface area contributed by atoms with Crippen molar-refractivity contribution in [1.82, 2.24) is 5.32 Å². The summed E-state index contributed by atoms with van der Waals surface area (Å²) in [6.45, 7) is 3.43. The second-order valence-corrected chi connectivity index (χ2v) is 3.00. The number of hydrogen-bond donors (Lipinski definition) is 1. The van der Waals surface area contributed by atoms with Crippen molar-refractivity contribution in [1.29, 1.82) is 0 Å². The standard InChI is InChI=1S/C9H17N/c1-2-3-4-9-5-7-10-8-6-9/h5,7,9-10H,2-4,6,8H2,1H3. The fraction of sp³-hybridized carbons (Fsp3) is 0.778. The van der Waals surface area contributed by atoms with Crippen LogP contribution >= 0.6 is 0 Å². The summed E-state index contributed by atoms with van der Waals surface area (Å²) in [7, 11) is 0. The molecular weight excluding hydrogens is 122 g/mol. The largest absolute Gasteiger partial charge is 0.391 e. The lowest BCUT2D eigenvalue weighted by atomic mass is 9.97. The minimum absolute atomic E-state index is 0.862. The van der Waals surface area contributed by atoms with E-state index in [1.165, 1.54) is 32.2 Å². The molecule has 1 atom stereocenters. The van der Waals surface area contributed by atoms with Gasteiger partial charge in [-0.15, -0.1) is 0 Å². The molecule has 0 aromatic carbocycles. The number of nitrogens with one attached hydrogen (secondary N) is 1. The summed E-state index contributed by atoms with van der Waals surface area (Å²) >= 11 is 0. The molecule has 1 nitrogen and oxygen atoms in total. The van der Waals surface area contributed by atoms with Gasteiger partial charge in [0.05, 0.1) is 0 Å². The first-order chi connectivity index (χ1) is 4.93. The van der Waals surface area contributed by atoms with E-state index < -0.39 is 0 Å². The van der Waals surface area contributed by atoms with Crippen molar-refractivity contribution in [2.75, 3.05) is 6.54 Å². The molecule has 0 saturated heterocycles. The van der Waals surface area contributed by atoms with Crippen LogP contribution in [0.2, 0.25) is 0 Å². The van der Waals surface area contributed by atoms with Crippen LogP contribution in [-0.2, 0) is 0 Å². The van der Waals surface area contributed by atoms with Crippen molar-refractivity contribution in [2.24, 2.45) is 5.92 Å². The molecular formula is C9H17N. The quantitative estimate of drug-likeness (QED) is 0.632. The van der Waals surface area contributed by atoms with Gasteiger partial charge in [0.15, 0.2) is 0 Å². The van der Waals surface area contributed by atoms with E-state index in [9.17, 15) is 0 Å². The Morgan fingerprint density at radius 1 is 1.60 bits per heavy atom. The van der Waals surface area contributed by atoms with Crippen molar-refractivity contribution in [2.45, 2.75) is 32.6 Å². The Morgan fingerprint density at radius 2 is 2.50 bits per heavy atom. The topological polar surface area (TPSA) is 12.0 Å². The van der Waals surface area contributed by atoms with Gasteiger partial charge in [-0.2, -0.15) is 0 Å². The van der Waals surface area contributed by atoms with E-state index in [1.807, 2.05) is 0 Å². The highest BCUT2D eigenvalue weighted by molar-refractivity contribution is 4.91. The predicted octanol–water partition coefficient (Wildman–Crippen LogP) is 2.30. The summed E-state index contributed by atoms with van der Waals surface area (Å²) in [4.78, 5) is 0.